The summed E-state index contributed by atoms with van der Waals surface area (Å²) in [5, 5.41) is 0. The number of ether oxygens (including phenoxy) is 2. The second-order valence-corrected chi connectivity index (χ2v) is 6.78. The van der Waals surface area contributed by atoms with Crippen LogP contribution in [0.3, 0.4) is 0 Å². The Labute approximate surface area is 141 Å². The molecule has 2 amide bonds. The zero-order chi connectivity index (χ0) is 16.7. The minimum Gasteiger partial charge on any atom is -0.496 e. The van der Waals surface area contributed by atoms with Crippen molar-refractivity contribution >= 4 is 12.0 Å². The molecular weight excluding hydrogens is 308 g/mol. The van der Waals surface area contributed by atoms with E-state index in [2.05, 4.69) is 0 Å². The van der Waals surface area contributed by atoms with E-state index in [1.165, 1.54) is 0 Å². The molecule has 0 bridgehead atoms. The summed E-state index contributed by atoms with van der Waals surface area (Å²) in [6, 6.07) is 7.87. The summed E-state index contributed by atoms with van der Waals surface area (Å²) in [5.74, 6) is 0.948. The van der Waals surface area contributed by atoms with Crippen LogP contribution in [0, 0.1) is 0 Å². The summed E-state index contributed by atoms with van der Waals surface area (Å²) in [6.45, 7) is 2.38. The highest BCUT2D eigenvalue weighted by Gasteiger charge is 2.55. The molecule has 4 rings (SSSR count). The van der Waals surface area contributed by atoms with Crippen molar-refractivity contribution in [1.29, 1.82) is 0 Å². The van der Waals surface area contributed by atoms with Crippen molar-refractivity contribution in [3.63, 3.8) is 0 Å². The van der Waals surface area contributed by atoms with Gasteiger partial charge in [0.05, 0.1) is 25.1 Å². The molecule has 2 heterocycles. The number of para-hydroxylation sites is 1. The van der Waals surface area contributed by atoms with Crippen LogP contribution in [0.25, 0.3) is 0 Å². The molecule has 1 aromatic rings. The first-order valence-corrected chi connectivity index (χ1v) is 8.52. The molecule has 3 fully saturated rings. The van der Waals surface area contributed by atoms with Gasteiger partial charge in [0.25, 0.3) is 0 Å². The lowest BCUT2D eigenvalue weighted by atomic mass is 9.93. The van der Waals surface area contributed by atoms with E-state index in [0.29, 0.717) is 26.2 Å². The molecular formula is C18H22N2O4. The van der Waals surface area contributed by atoms with Gasteiger partial charge in [-0.05, 0) is 25.3 Å². The third kappa shape index (κ3) is 2.32. The summed E-state index contributed by atoms with van der Waals surface area (Å²) >= 11 is 0. The fourth-order valence-corrected chi connectivity index (χ4v) is 3.98. The fraction of sp³-hybridized carbons (Fsp3) is 0.556. The number of carbonyl (C=O) groups is 2. The number of nitrogens with zero attached hydrogens (tertiary/aromatic N) is 2. The second kappa shape index (κ2) is 5.69. The molecule has 1 atom stereocenters. The van der Waals surface area contributed by atoms with Crippen LogP contribution < -0.4 is 4.74 Å². The molecule has 2 saturated heterocycles. The molecule has 0 radical (unpaired) electrons. The van der Waals surface area contributed by atoms with Crippen molar-refractivity contribution in [3.05, 3.63) is 29.8 Å². The molecule has 24 heavy (non-hydrogen) atoms. The van der Waals surface area contributed by atoms with E-state index in [1.807, 2.05) is 29.2 Å². The van der Waals surface area contributed by atoms with Crippen molar-refractivity contribution in [3.8, 4) is 5.75 Å². The van der Waals surface area contributed by atoms with E-state index < -0.39 is 5.41 Å². The van der Waals surface area contributed by atoms with E-state index in [1.54, 1.807) is 12.0 Å². The lowest BCUT2D eigenvalue weighted by Crippen LogP contribution is -2.42. The van der Waals surface area contributed by atoms with Gasteiger partial charge in [-0.3, -0.25) is 9.69 Å². The molecule has 1 aromatic carbocycles. The van der Waals surface area contributed by atoms with Gasteiger partial charge in [0, 0.05) is 18.7 Å². The van der Waals surface area contributed by atoms with Gasteiger partial charge in [-0.15, -0.1) is 0 Å². The predicted octanol–water partition coefficient (Wildman–Crippen LogP) is 1.78. The van der Waals surface area contributed by atoms with Gasteiger partial charge in [0.15, 0.2) is 0 Å². The van der Waals surface area contributed by atoms with Gasteiger partial charge in [-0.1, -0.05) is 18.2 Å². The Hall–Kier alpha value is -2.24. The predicted molar refractivity (Wildman–Crippen MR) is 86.9 cm³/mol. The Morgan fingerprint density at radius 3 is 2.75 bits per heavy atom. The average Bonchev–Trinajstić information content (AvgIpc) is 3.07. The van der Waals surface area contributed by atoms with Crippen molar-refractivity contribution in [1.82, 2.24) is 9.80 Å². The lowest BCUT2D eigenvalue weighted by molar-refractivity contribution is -0.133. The van der Waals surface area contributed by atoms with Gasteiger partial charge < -0.3 is 14.4 Å². The third-order valence-corrected chi connectivity index (χ3v) is 5.47. The Morgan fingerprint density at radius 2 is 2.08 bits per heavy atom. The van der Waals surface area contributed by atoms with Crippen LogP contribution in [0.2, 0.25) is 0 Å². The van der Waals surface area contributed by atoms with Gasteiger partial charge in [0.2, 0.25) is 5.91 Å². The Morgan fingerprint density at radius 1 is 1.29 bits per heavy atom. The molecule has 6 heteroatoms. The summed E-state index contributed by atoms with van der Waals surface area (Å²) in [6.07, 6.45) is 2.29. The maximum atomic E-state index is 13.2. The van der Waals surface area contributed by atoms with Crippen molar-refractivity contribution in [2.45, 2.75) is 30.7 Å². The standard InChI is InChI=1S/C18H22N2O4/c1-23-15-5-3-2-4-14(15)18(7-8-18)16(21)19-9-6-13(12-19)20-10-11-24-17(20)22/h2-5,13H,6-12H2,1H3. The minimum atomic E-state index is -0.437. The average molecular weight is 330 g/mol. The molecule has 1 saturated carbocycles. The highest BCUT2D eigenvalue weighted by molar-refractivity contribution is 5.92. The van der Waals surface area contributed by atoms with Crippen molar-refractivity contribution in [2.24, 2.45) is 0 Å². The van der Waals surface area contributed by atoms with E-state index in [4.69, 9.17) is 9.47 Å². The van der Waals surface area contributed by atoms with Crippen LogP contribution in [0.4, 0.5) is 4.79 Å². The first-order chi connectivity index (χ1) is 11.7. The SMILES string of the molecule is COc1ccccc1C1(C(=O)N2CCC(N3CCOC3=O)C2)CC1. The van der Waals surface area contributed by atoms with Gasteiger partial charge in [-0.25, -0.2) is 4.79 Å². The first kappa shape index (κ1) is 15.3. The number of hydrogen-bond acceptors (Lipinski definition) is 4. The number of benzene rings is 1. The topological polar surface area (TPSA) is 59.1 Å². The van der Waals surface area contributed by atoms with Crippen LogP contribution in [0.1, 0.15) is 24.8 Å². The van der Waals surface area contributed by atoms with Gasteiger partial charge >= 0.3 is 6.09 Å². The number of rotatable bonds is 4. The van der Waals surface area contributed by atoms with E-state index >= 15 is 0 Å². The zero-order valence-corrected chi connectivity index (χ0v) is 13.9. The number of carbonyl (C=O) groups excluding carboxylic acids is 2. The van der Waals surface area contributed by atoms with Crippen LogP contribution in [-0.2, 0) is 14.9 Å². The monoisotopic (exact) mass is 330 g/mol. The van der Waals surface area contributed by atoms with Crippen molar-refractivity contribution < 1.29 is 19.1 Å². The maximum Gasteiger partial charge on any atom is 0.410 e. The first-order valence-electron chi connectivity index (χ1n) is 8.52. The van der Waals surface area contributed by atoms with E-state index in [0.717, 1.165) is 30.6 Å². The smallest absolute Gasteiger partial charge is 0.410 e. The summed E-state index contributed by atoms with van der Waals surface area (Å²) in [4.78, 5) is 28.6. The van der Waals surface area contributed by atoms with E-state index in [9.17, 15) is 9.59 Å². The Balaban J connectivity index is 1.51. The summed E-state index contributed by atoms with van der Waals surface area (Å²) < 4.78 is 10.5. The minimum absolute atomic E-state index is 0.0809. The number of amides is 2. The molecule has 2 aliphatic heterocycles. The van der Waals surface area contributed by atoms with Gasteiger partial charge in [-0.2, -0.15) is 0 Å². The zero-order valence-electron chi connectivity index (χ0n) is 13.9. The van der Waals surface area contributed by atoms with Crippen LogP contribution >= 0.6 is 0 Å². The molecule has 3 aliphatic rings. The van der Waals surface area contributed by atoms with Gasteiger partial charge in [0.1, 0.15) is 12.4 Å². The summed E-state index contributed by atoms with van der Waals surface area (Å²) in [7, 11) is 1.64. The van der Waals surface area contributed by atoms with E-state index in [-0.39, 0.29) is 18.0 Å². The molecule has 0 N–H and O–H groups in total. The number of methoxy groups -OCH3 is 1. The highest BCUT2D eigenvalue weighted by Crippen LogP contribution is 2.52. The quantitative estimate of drug-likeness (QED) is 0.844. The summed E-state index contributed by atoms with van der Waals surface area (Å²) in [5.41, 5.74) is 0.550. The largest absolute Gasteiger partial charge is 0.496 e. The Bertz CT molecular complexity index is 671. The molecule has 0 aromatic heterocycles. The van der Waals surface area contributed by atoms with Crippen LogP contribution in [0.5, 0.6) is 5.75 Å². The number of likely N-dealkylation sites (tertiary alicyclic amines) is 1. The molecule has 1 aliphatic carbocycles. The normalized spacial score (nSPS) is 24.9. The second-order valence-electron chi connectivity index (χ2n) is 6.78. The molecule has 0 spiro atoms. The number of hydrogen-bond donors (Lipinski definition) is 0. The number of cyclic esters (lactones) is 1. The van der Waals surface area contributed by atoms with Crippen LogP contribution in [0.15, 0.2) is 24.3 Å². The van der Waals surface area contributed by atoms with Crippen molar-refractivity contribution in [2.75, 3.05) is 33.4 Å². The Kier molecular flexibility index (Phi) is 3.62. The molecule has 6 nitrogen and oxygen atoms in total. The van der Waals surface area contributed by atoms with Crippen LogP contribution in [-0.4, -0.2) is 61.2 Å². The molecule has 128 valence electrons. The lowest BCUT2D eigenvalue weighted by Gasteiger charge is -2.26. The maximum absolute atomic E-state index is 13.2. The third-order valence-electron chi connectivity index (χ3n) is 5.47. The fourth-order valence-electron chi connectivity index (χ4n) is 3.98. The highest BCUT2D eigenvalue weighted by atomic mass is 16.6. The molecule has 1 unspecified atom stereocenters.